The first-order valence-corrected chi connectivity index (χ1v) is 9.69. The summed E-state index contributed by atoms with van der Waals surface area (Å²) in [7, 11) is 0. The van der Waals surface area contributed by atoms with Crippen LogP contribution in [0.1, 0.15) is 47.5 Å². The van der Waals surface area contributed by atoms with Crippen LogP contribution >= 0.6 is 11.6 Å². The van der Waals surface area contributed by atoms with Crippen molar-refractivity contribution in [2.45, 2.75) is 31.6 Å². The highest BCUT2D eigenvalue weighted by atomic mass is 35.5. The van der Waals surface area contributed by atoms with Crippen LogP contribution in [0.5, 0.6) is 0 Å². The van der Waals surface area contributed by atoms with Gasteiger partial charge in [-0.05, 0) is 49.2 Å². The van der Waals surface area contributed by atoms with E-state index in [1.807, 2.05) is 0 Å². The number of rotatable bonds is 3. The van der Waals surface area contributed by atoms with E-state index in [0.29, 0.717) is 41.8 Å². The van der Waals surface area contributed by atoms with Crippen LogP contribution in [0.3, 0.4) is 0 Å². The van der Waals surface area contributed by atoms with Crippen molar-refractivity contribution in [1.82, 2.24) is 0 Å². The smallest absolute Gasteiger partial charge is 0.248 e. The molecule has 1 unspecified atom stereocenters. The van der Waals surface area contributed by atoms with Crippen molar-refractivity contribution in [1.29, 1.82) is 0 Å². The normalized spacial score (nSPS) is 19.4. The van der Waals surface area contributed by atoms with Crippen molar-refractivity contribution in [3.05, 3.63) is 75.7 Å². The lowest BCUT2D eigenvalue weighted by Crippen LogP contribution is -2.40. The number of allylic oxidation sites excluding steroid dienone is 2. The molecule has 148 valence electrons. The van der Waals surface area contributed by atoms with Crippen LogP contribution in [0.4, 0.5) is 10.1 Å². The van der Waals surface area contributed by atoms with E-state index in [1.165, 1.54) is 29.2 Å². The number of nitrogens with zero attached hydrogens (tertiary/aromatic N) is 1. The number of halogens is 2. The predicted molar refractivity (Wildman–Crippen MR) is 107 cm³/mol. The van der Waals surface area contributed by atoms with Gasteiger partial charge in [-0.3, -0.25) is 19.3 Å². The summed E-state index contributed by atoms with van der Waals surface area (Å²) in [6.07, 6.45) is 1.42. The van der Waals surface area contributed by atoms with Gasteiger partial charge in [0.1, 0.15) is 5.82 Å². The van der Waals surface area contributed by atoms with Crippen LogP contribution in [0.15, 0.2) is 53.7 Å². The first-order chi connectivity index (χ1) is 13.9. The summed E-state index contributed by atoms with van der Waals surface area (Å²) in [5, 5.41) is 0.201. The van der Waals surface area contributed by atoms with Gasteiger partial charge in [0.05, 0.1) is 0 Å². The number of carbonyl (C=O) groups is 3. The van der Waals surface area contributed by atoms with Gasteiger partial charge in [0.25, 0.3) is 0 Å². The summed E-state index contributed by atoms with van der Waals surface area (Å²) in [5.41, 5.74) is 7.36. The Bertz CT molecular complexity index is 1040. The summed E-state index contributed by atoms with van der Waals surface area (Å²) in [5.74, 6) is -2.15. The minimum atomic E-state index is -0.708. The SMILES string of the molecule is NC(=O)c1ccc(N2C(=O)CC(c3c(F)cccc3Cl)C3=C2CCCC3=O)cc1. The first-order valence-electron chi connectivity index (χ1n) is 9.31. The lowest BCUT2D eigenvalue weighted by molar-refractivity contribution is -0.119. The zero-order chi connectivity index (χ0) is 20.7. The first kappa shape index (κ1) is 19.3. The van der Waals surface area contributed by atoms with E-state index in [4.69, 9.17) is 17.3 Å². The molecule has 2 aromatic rings. The van der Waals surface area contributed by atoms with E-state index in [9.17, 15) is 18.8 Å². The monoisotopic (exact) mass is 412 g/mol. The molecule has 0 fully saturated rings. The quantitative estimate of drug-likeness (QED) is 0.823. The van der Waals surface area contributed by atoms with Gasteiger partial charge in [-0.2, -0.15) is 0 Å². The van der Waals surface area contributed by atoms with E-state index in [-0.39, 0.29) is 28.7 Å². The van der Waals surface area contributed by atoms with Crippen LogP contribution in [0.2, 0.25) is 5.02 Å². The molecular formula is C22H18ClFN2O3. The fraction of sp³-hybridized carbons (Fsp3) is 0.227. The Labute approximate surface area is 171 Å². The number of Topliss-reactive ketones (excluding diaryl/α,β-unsaturated/α-hetero) is 1. The number of primary amides is 1. The number of hydrogen-bond donors (Lipinski definition) is 1. The Balaban J connectivity index is 1.86. The largest absolute Gasteiger partial charge is 0.366 e. The average Bonchev–Trinajstić information content (AvgIpc) is 2.68. The van der Waals surface area contributed by atoms with E-state index in [1.54, 1.807) is 18.2 Å². The van der Waals surface area contributed by atoms with Crippen molar-refractivity contribution in [2.75, 3.05) is 4.90 Å². The minimum Gasteiger partial charge on any atom is -0.366 e. The van der Waals surface area contributed by atoms with E-state index >= 15 is 0 Å². The average molecular weight is 413 g/mol. The van der Waals surface area contributed by atoms with Crippen molar-refractivity contribution >= 4 is 34.9 Å². The standard InChI is InChI=1S/C22H18ClFN2O3/c23-15-3-1-4-16(24)20(15)14-11-19(28)26(17-5-2-6-18(27)21(14)17)13-9-7-12(8-10-13)22(25)29/h1,3-4,7-10,14H,2,5-6,11H2,(H2,25,29). The van der Waals surface area contributed by atoms with Gasteiger partial charge >= 0.3 is 0 Å². The van der Waals surface area contributed by atoms with Gasteiger partial charge in [-0.1, -0.05) is 17.7 Å². The summed E-state index contributed by atoms with van der Waals surface area (Å²) >= 11 is 6.25. The minimum absolute atomic E-state index is 0.0667. The van der Waals surface area contributed by atoms with E-state index in [0.717, 1.165) is 0 Å². The van der Waals surface area contributed by atoms with Gasteiger partial charge in [-0.15, -0.1) is 0 Å². The van der Waals surface area contributed by atoms with Gasteiger partial charge in [0.15, 0.2) is 5.78 Å². The molecule has 4 rings (SSSR count). The molecule has 2 amide bonds. The summed E-state index contributed by atoms with van der Waals surface area (Å²) in [4.78, 5) is 38.8. The van der Waals surface area contributed by atoms with Crippen molar-refractivity contribution in [3.8, 4) is 0 Å². The number of nitrogens with two attached hydrogens (primary N) is 1. The van der Waals surface area contributed by atoms with Crippen LogP contribution in [-0.4, -0.2) is 17.6 Å². The second-order valence-corrected chi connectivity index (χ2v) is 7.58. The lowest BCUT2D eigenvalue weighted by Gasteiger charge is -2.38. The molecule has 29 heavy (non-hydrogen) atoms. The second-order valence-electron chi connectivity index (χ2n) is 7.17. The third-order valence-corrected chi connectivity index (χ3v) is 5.76. The molecule has 0 saturated heterocycles. The molecule has 1 heterocycles. The highest BCUT2D eigenvalue weighted by molar-refractivity contribution is 6.31. The van der Waals surface area contributed by atoms with Gasteiger partial charge in [-0.25, -0.2) is 4.39 Å². The maximum Gasteiger partial charge on any atom is 0.248 e. The maximum absolute atomic E-state index is 14.6. The Morgan fingerprint density at radius 1 is 1.10 bits per heavy atom. The van der Waals surface area contributed by atoms with Gasteiger partial charge < -0.3 is 5.73 Å². The van der Waals surface area contributed by atoms with Crippen LogP contribution in [0.25, 0.3) is 0 Å². The summed E-state index contributed by atoms with van der Waals surface area (Å²) in [6, 6.07) is 10.7. The molecule has 0 bridgehead atoms. The number of benzene rings is 2. The van der Waals surface area contributed by atoms with Gasteiger partial charge in [0, 0.05) is 51.9 Å². The zero-order valence-electron chi connectivity index (χ0n) is 15.5. The molecule has 0 saturated carbocycles. The highest BCUT2D eigenvalue weighted by Crippen LogP contribution is 2.45. The van der Waals surface area contributed by atoms with Gasteiger partial charge in [0.2, 0.25) is 11.8 Å². The number of anilines is 1. The second kappa shape index (κ2) is 7.44. The number of hydrogen-bond acceptors (Lipinski definition) is 3. The summed E-state index contributed by atoms with van der Waals surface area (Å²) in [6.45, 7) is 0. The third kappa shape index (κ3) is 3.34. The van der Waals surface area contributed by atoms with Crippen LogP contribution < -0.4 is 10.6 Å². The Kier molecular flexibility index (Phi) is 4.96. The molecule has 1 aliphatic heterocycles. The third-order valence-electron chi connectivity index (χ3n) is 5.43. The van der Waals surface area contributed by atoms with Crippen molar-refractivity contribution in [3.63, 3.8) is 0 Å². The maximum atomic E-state index is 14.6. The molecule has 1 atom stereocenters. The molecule has 0 radical (unpaired) electrons. The number of carbonyl (C=O) groups excluding carboxylic acids is 3. The molecule has 7 heteroatoms. The Morgan fingerprint density at radius 2 is 1.83 bits per heavy atom. The molecule has 1 aliphatic carbocycles. The Hall–Kier alpha value is -2.99. The van der Waals surface area contributed by atoms with Crippen LogP contribution in [-0.2, 0) is 9.59 Å². The molecule has 5 nitrogen and oxygen atoms in total. The number of ketones is 1. The Morgan fingerprint density at radius 3 is 2.48 bits per heavy atom. The van der Waals surface area contributed by atoms with Crippen molar-refractivity contribution < 1.29 is 18.8 Å². The molecule has 2 aromatic carbocycles. The van der Waals surface area contributed by atoms with Crippen LogP contribution in [0, 0.1) is 5.82 Å². The number of amides is 2. The molecule has 2 aliphatic rings. The summed E-state index contributed by atoms with van der Waals surface area (Å²) < 4.78 is 14.6. The molecule has 0 spiro atoms. The van der Waals surface area contributed by atoms with E-state index < -0.39 is 17.6 Å². The highest BCUT2D eigenvalue weighted by Gasteiger charge is 2.41. The van der Waals surface area contributed by atoms with E-state index in [2.05, 4.69) is 0 Å². The fourth-order valence-corrected chi connectivity index (χ4v) is 4.45. The fourth-order valence-electron chi connectivity index (χ4n) is 4.16. The lowest BCUT2D eigenvalue weighted by atomic mass is 9.77. The van der Waals surface area contributed by atoms with Crippen molar-refractivity contribution in [2.24, 2.45) is 5.73 Å². The predicted octanol–water partition coefficient (Wildman–Crippen LogP) is 4.11. The molecule has 2 N–H and O–H groups in total. The zero-order valence-corrected chi connectivity index (χ0v) is 16.2. The molecular weight excluding hydrogens is 395 g/mol. The molecule has 0 aromatic heterocycles. The topological polar surface area (TPSA) is 80.5 Å².